The molecule has 0 aliphatic carbocycles. The molecule has 1 heterocycles. The highest BCUT2D eigenvalue weighted by atomic mass is 15.3. The highest BCUT2D eigenvalue weighted by Crippen LogP contribution is 2.23. The molecule has 3 heteroatoms. The molecule has 0 radical (unpaired) electrons. The van der Waals surface area contributed by atoms with Crippen molar-refractivity contribution >= 4 is 5.69 Å². The van der Waals surface area contributed by atoms with Crippen molar-refractivity contribution in [1.82, 2.24) is 9.78 Å². The van der Waals surface area contributed by atoms with E-state index in [4.69, 9.17) is 5.73 Å². The van der Waals surface area contributed by atoms with Gasteiger partial charge in [0.15, 0.2) is 0 Å². The summed E-state index contributed by atoms with van der Waals surface area (Å²) in [5.41, 5.74) is 11.0. The summed E-state index contributed by atoms with van der Waals surface area (Å²) in [6.45, 7) is 2.08. The van der Waals surface area contributed by atoms with Crippen molar-refractivity contribution in [3.8, 4) is 16.9 Å². The van der Waals surface area contributed by atoms with Crippen LogP contribution < -0.4 is 5.73 Å². The Morgan fingerprint density at radius 2 is 1.58 bits per heavy atom. The molecular weight excluding hydrogens is 234 g/mol. The highest BCUT2D eigenvalue weighted by molar-refractivity contribution is 5.62. The standard InChI is InChI=1S/C16H15N3/c1-12-2-4-13(5-3-12)16-10-11-18-19(16)15-8-6-14(17)7-9-15/h2-11H,17H2,1H3. The van der Waals surface area contributed by atoms with Crippen LogP contribution in [0, 0.1) is 6.92 Å². The molecule has 0 amide bonds. The minimum absolute atomic E-state index is 0.757. The van der Waals surface area contributed by atoms with Crippen molar-refractivity contribution in [2.45, 2.75) is 6.92 Å². The maximum Gasteiger partial charge on any atom is 0.0740 e. The first kappa shape index (κ1) is 11.5. The largest absolute Gasteiger partial charge is 0.399 e. The Morgan fingerprint density at radius 1 is 0.895 bits per heavy atom. The van der Waals surface area contributed by atoms with Crippen molar-refractivity contribution in [3.05, 3.63) is 66.4 Å². The van der Waals surface area contributed by atoms with Crippen LogP contribution in [0.2, 0.25) is 0 Å². The minimum Gasteiger partial charge on any atom is -0.399 e. The molecule has 3 rings (SSSR count). The van der Waals surface area contributed by atoms with Gasteiger partial charge in [-0.05, 0) is 37.3 Å². The second kappa shape index (κ2) is 4.61. The predicted octanol–water partition coefficient (Wildman–Crippen LogP) is 3.43. The van der Waals surface area contributed by atoms with Crippen molar-refractivity contribution < 1.29 is 0 Å². The fourth-order valence-corrected chi connectivity index (χ4v) is 2.07. The first-order valence-electron chi connectivity index (χ1n) is 6.21. The summed E-state index contributed by atoms with van der Waals surface area (Å²) in [5.74, 6) is 0. The zero-order chi connectivity index (χ0) is 13.2. The van der Waals surface area contributed by atoms with Crippen LogP contribution in [0.4, 0.5) is 5.69 Å². The molecule has 2 N–H and O–H groups in total. The van der Waals surface area contributed by atoms with Crippen LogP contribution in [-0.4, -0.2) is 9.78 Å². The Kier molecular flexibility index (Phi) is 2.80. The molecule has 0 spiro atoms. The van der Waals surface area contributed by atoms with E-state index in [1.54, 1.807) is 0 Å². The third-order valence-corrected chi connectivity index (χ3v) is 3.13. The van der Waals surface area contributed by atoms with Gasteiger partial charge < -0.3 is 5.73 Å². The summed E-state index contributed by atoms with van der Waals surface area (Å²) in [7, 11) is 0. The van der Waals surface area contributed by atoms with Gasteiger partial charge in [-0.15, -0.1) is 0 Å². The van der Waals surface area contributed by atoms with Crippen LogP contribution >= 0.6 is 0 Å². The molecule has 0 unspecified atom stereocenters. The van der Waals surface area contributed by atoms with E-state index in [0.29, 0.717) is 0 Å². The average molecular weight is 249 g/mol. The van der Waals surface area contributed by atoms with Gasteiger partial charge in [0.2, 0.25) is 0 Å². The highest BCUT2D eigenvalue weighted by Gasteiger charge is 2.06. The lowest BCUT2D eigenvalue weighted by molar-refractivity contribution is 0.888. The van der Waals surface area contributed by atoms with Gasteiger partial charge in [-0.25, -0.2) is 4.68 Å². The Morgan fingerprint density at radius 3 is 2.26 bits per heavy atom. The topological polar surface area (TPSA) is 43.8 Å². The maximum atomic E-state index is 5.72. The summed E-state index contributed by atoms with van der Waals surface area (Å²) in [5, 5.41) is 4.39. The molecule has 2 aromatic carbocycles. The molecule has 0 fully saturated rings. The quantitative estimate of drug-likeness (QED) is 0.707. The van der Waals surface area contributed by atoms with Gasteiger partial charge in [0, 0.05) is 11.3 Å². The van der Waals surface area contributed by atoms with Crippen LogP contribution in [0.5, 0.6) is 0 Å². The fraction of sp³-hybridized carbons (Fsp3) is 0.0625. The molecule has 0 atom stereocenters. The first-order valence-corrected chi connectivity index (χ1v) is 6.21. The van der Waals surface area contributed by atoms with Gasteiger partial charge in [0.1, 0.15) is 0 Å². The van der Waals surface area contributed by atoms with Crippen molar-refractivity contribution in [2.24, 2.45) is 0 Å². The van der Waals surface area contributed by atoms with Gasteiger partial charge in [0.25, 0.3) is 0 Å². The lowest BCUT2D eigenvalue weighted by atomic mass is 10.1. The van der Waals surface area contributed by atoms with Gasteiger partial charge in [0.05, 0.1) is 17.6 Å². The lowest BCUT2D eigenvalue weighted by Crippen LogP contribution is -1.99. The van der Waals surface area contributed by atoms with Crippen molar-refractivity contribution in [2.75, 3.05) is 5.73 Å². The van der Waals surface area contributed by atoms with E-state index in [1.807, 2.05) is 41.2 Å². The maximum absolute atomic E-state index is 5.72. The second-order valence-corrected chi connectivity index (χ2v) is 4.59. The fourth-order valence-electron chi connectivity index (χ4n) is 2.07. The molecule has 0 aliphatic heterocycles. The Labute approximate surface area is 112 Å². The summed E-state index contributed by atoms with van der Waals surface area (Å²) in [6, 6.07) is 18.2. The number of benzene rings is 2. The summed E-state index contributed by atoms with van der Waals surface area (Å²) in [6.07, 6.45) is 1.81. The van der Waals surface area contributed by atoms with Gasteiger partial charge in [-0.3, -0.25) is 0 Å². The lowest BCUT2D eigenvalue weighted by Gasteiger charge is -2.08. The molecular formula is C16H15N3. The molecule has 94 valence electrons. The number of anilines is 1. The molecule has 0 saturated carbocycles. The number of rotatable bonds is 2. The average Bonchev–Trinajstić information content (AvgIpc) is 2.90. The van der Waals surface area contributed by atoms with Crippen LogP contribution in [0.25, 0.3) is 16.9 Å². The van der Waals surface area contributed by atoms with E-state index >= 15 is 0 Å². The van der Waals surface area contributed by atoms with Crippen LogP contribution in [0.3, 0.4) is 0 Å². The summed E-state index contributed by atoms with van der Waals surface area (Å²) in [4.78, 5) is 0. The van der Waals surface area contributed by atoms with E-state index in [9.17, 15) is 0 Å². The monoisotopic (exact) mass is 249 g/mol. The van der Waals surface area contributed by atoms with Gasteiger partial charge >= 0.3 is 0 Å². The first-order chi connectivity index (χ1) is 9.24. The Hall–Kier alpha value is -2.55. The number of nitrogens with zero attached hydrogens (tertiary/aromatic N) is 2. The smallest absolute Gasteiger partial charge is 0.0740 e. The Bertz CT molecular complexity index is 619. The number of aryl methyl sites for hydroxylation is 1. The summed E-state index contributed by atoms with van der Waals surface area (Å²) < 4.78 is 1.92. The normalized spacial score (nSPS) is 10.6. The van der Waals surface area contributed by atoms with Crippen LogP contribution in [0.1, 0.15) is 5.56 Å². The third kappa shape index (κ3) is 2.22. The van der Waals surface area contributed by atoms with E-state index in [2.05, 4.69) is 36.3 Å². The number of nitrogens with two attached hydrogens (primary N) is 1. The number of hydrogen-bond donors (Lipinski definition) is 1. The van der Waals surface area contributed by atoms with Crippen LogP contribution in [-0.2, 0) is 0 Å². The van der Waals surface area contributed by atoms with Crippen molar-refractivity contribution in [1.29, 1.82) is 0 Å². The summed E-state index contributed by atoms with van der Waals surface area (Å²) >= 11 is 0. The third-order valence-electron chi connectivity index (χ3n) is 3.13. The molecule has 0 aliphatic rings. The van der Waals surface area contributed by atoms with Crippen molar-refractivity contribution in [3.63, 3.8) is 0 Å². The molecule has 0 saturated heterocycles. The Balaban J connectivity index is 2.07. The van der Waals surface area contributed by atoms with Crippen LogP contribution in [0.15, 0.2) is 60.8 Å². The molecule has 3 aromatic rings. The molecule has 1 aromatic heterocycles. The van der Waals surface area contributed by atoms with E-state index in [0.717, 1.165) is 22.6 Å². The van der Waals surface area contributed by atoms with E-state index in [1.165, 1.54) is 5.56 Å². The van der Waals surface area contributed by atoms with E-state index < -0.39 is 0 Å². The molecule has 0 bridgehead atoms. The zero-order valence-electron chi connectivity index (χ0n) is 10.7. The molecule has 3 nitrogen and oxygen atoms in total. The number of hydrogen-bond acceptors (Lipinski definition) is 2. The molecule has 19 heavy (non-hydrogen) atoms. The van der Waals surface area contributed by atoms with Gasteiger partial charge in [-0.2, -0.15) is 5.10 Å². The predicted molar refractivity (Wildman–Crippen MR) is 78.1 cm³/mol. The van der Waals surface area contributed by atoms with Gasteiger partial charge in [-0.1, -0.05) is 29.8 Å². The SMILES string of the molecule is Cc1ccc(-c2ccnn2-c2ccc(N)cc2)cc1. The zero-order valence-corrected chi connectivity index (χ0v) is 10.7. The van der Waals surface area contributed by atoms with E-state index in [-0.39, 0.29) is 0 Å². The minimum atomic E-state index is 0.757. The number of aromatic nitrogens is 2. The second-order valence-electron chi connectivity index (χ2n) is 4.59. The number of nitrogen functional groups attached to an aromatic ring is 1.